The Hall–Kier alpha value is -1.87. The maximum Gasteiger partial charge on any atom is 0.133 e. The van der Waals surface area contributed by atoms with E-state index in [1.807, 2.05) is 32.0 Å². The molecule has 0 saturated heterocycles. The zero-order valence-electron chi connectivity index (χ0n) is 12.2. The molecule has 2 aromatic rings. The number of benzene rings is 2. The van der Waals surface area contributed by atoms with E-state index in [1.54, 1.807) is 19.9 Å². The van der Waals surface area contributed by atoms with Gasteiger partial charge in [0, 0.05) is 5.56 Å². The van der Waals surface area contributed by atoms with Gasteiger partial charge in [0.2, 0.25) is 0 Å². The van der Waals surface area contributed by atoms with E-state index in [1.165, 1.54) is 6.07 Å². The minimum Gasteiger partial charge on any atom is -0.457 e. The van der Waals surface area contributed by atoms with Gasteiger partial charge in [0.25, 0.3) is 0 Å². The molecule has 3 heteroatoms. The number of aliphatic hydroxyl groups excluding tert-OH is 1. The lowest BCUT2D eigenvalue weighted by Crippen LogP contribution is -2.00. The van der Waals surface area contributed by atoms with E-state index < -0.39 is 6.10 Å². The Bertz CT molecular complexity index is 633. The Labute approximate surface area is 118 Å². The summed E-state index contributed by atoms with van der Waals surface area (Å²) in [6.07, 6.45) is -0.787. The highest BCUT2D eigenvalue weighted by molar-refractivity contribution is 5.45. The van der Waals surface area contributed by atoms with Crippen LogP contribution in [0.3, 0.4) is 0 Å². The SMILES string of the molecule is Cc1ccc(C)c(Oc2cc(C)c(F)cc2C(C)O)c1. The van der Waals surface area contributed by atoms with Gasteiger partial charge in [-0.25, -0.2) is 4.39 Å². The number of aliphatic hydroxyl groups is 1. The lowest BCUT2D eigenvalue weighted by atomic mass is 10.1. The van der Waals surface area contributed by atoms with E-state index in [0.29, 0.717) is 16.9 Å². The smallest absolute Gasteiger partial charge is 0.133 e. The standard InChI is InChI=1S/C17H19FO2/c1-10-5-6-11(2)16(7-10)20-17-8-12(3)15(18)9-14(17)13(4)19/h5-9,13,19H,1-4H3. The fourth-order valence-electron chi connectivity index (χ4n) is 2.02. The van der Waals surface area contributed by atoms with E-state index in [0.717, 1.165) is 16.9 Å². The summed E-state index contributed by atoms with van der Waals surface area (Å²) in [5.74, 6) is 0.875. The first-order chi connectivity index (χ1) is 9.38. The minimum absolute atomic E-state index is 0.339. The maximum atomic E-state index is 13.6. The molecule has 1 atom stereocenters. The molecule has 0 aliphatic rings. The zero-order valence-corrected chi connectivity index (χ0v) is 12.2. The van der Waals surface area contributed by atoms with Crippen molar-refractivity contribution < 1.29 is 14.2 Å². The third-order valence-electron chi connectivity index (χ3n) is 3.30. The van der Waals surface area contributed by atoms with Crippen LogP contribution in [0.4, 0.5) is 4.39 Å². The molecule has 0 saturated carbocycles. The van der Waals surface area contributed by atoms with E-state index in [-0.39, 0.29) is 5.82 Å². The van der Waals surface area contributed by atoms with Crippen LogP contribution in [0.1, 0.15) is 35.3 Å². The van der Waals surface area contributed by atoms with Crippen LogP contribution >= 0.6 is 0 Å². The number of ether oxygens (including phenoxy) is 1. The van der Waals surface area contributed by atoms with Gasteiger partial charge in [0.15, 0.2) is 0 Å². The van der Waals surface area contributed by atoms with Gasteiger partial charge < -0.3 is 9.84 Å². The minimum atomic E-state index is -0.787. The van der Waals surface area contributed by atoms with Crippen molar-refractivity contribution in [3.63, 3.8) is 0 Å². The summed E-state index contributed by atoms with van der Waals surface area (Å²) in [5.41, 5.74) is 3.03. The monoisotopic (exact) mass is 274 g/mol. The average molecular weight is 274 g/mol. The van der Waals surface area contributed by atoms with Gasteiger partial charge in [0.1, 0.15) is 17.3 Å². The van der Waals surface area contributed by atoms with Crippen LogP contribution in [0.15, 0.2) is 30.3 Å². The highest BCUT2D eigenvalue weighted by atomic mass is 19.1. The van der Waals surface area contributed by atoms with Crippen LogP contribution in [0.2, 0.25) is 0 Å². The van der Waals surface area contributed by atoms with Crippen molar-refractivity contribution in [2.75, 3.05) is 0 Å². The van der Waals surface area contributed by atoms with Crippen LogP contribution in [-0.4, -0.2) is 5.11 Å². The van der Waals surface area contributed by atoms with E-state index in [9.17, 15) is 9.50 Å². The second kappa shape index (κ2) is 5.63. The van der Waals surface area contributed by atoms with Gasteiger partial charge in [-0.3, -0.25) is 0 Å². The Morgan fingerprint density at radius 3 is 2.35 bits per heavy atom. The number of rotatable bonds is 3. The lowest BCUT2D eigenvalue weighted by Gasteiger charge is -2.16. The van der Waals surface area contributed by atoms with Crippen molar-refractivity contribution in [2.24, 2.45) is 0 Å². The molecule has 0 radical (unpaired) electrons. The van der Waals surface area contributed by atoms with Crippen LogP contribution in [0.25, 0.3) is 0 Å². The molecule has 20 heavy (non-hydrogen) atoms. The summed E-state index contributed by atoms with van der Waals surface area (Å²) in [7, 11) is 0. The molecule has 2 nitrogen and oxygen atoms in total. The molecule has 2 aromatic carbocycles. The first kappa shape index (κ1) is 14.5. The highest BCUT2D eigenvalue weighted by Crippen LogP contribution is 2.33. The van der Waals surface area contributed by atoms with E-state index >= 15 is 0 Å². The zero-order chi connectivity index (χ0) is 14.9. The molecule has 0 spiro atoms. The molecule has 1 N–H and O–H groups in total. The Kier molecular flexibility index (Phi) is 4.09. The van der Waals surface area contributed by atoms with Crippen molar-refractivity contribution >= 4 is 0 Å². The van der Waals surface area contributed by atoms with Crippen molar-refractivity contribution in [3.05, 3.63) is 58.4 Å². The molecule has 0 aliphatic heterocycles. The number of hydrogen-bond donors (Lipinski definition) is 1. The first-order valence-corrected chi connectivity index (χ1v) is 6.61. The van der Waals surface area contributed by atoms with Gasteiger partial charge in [-0.1, -0.05) is 12.1 Å². The highest BCUT2D eigenvalue weighted by Gasteiger charge is 2.14. The molecule has 0 aromatic heterocycles. The quantitative estimate of drug-likeness (QED) is 0.886. The van der Waals surface area contributed by atoms with Gasteiger partial charge in [-0.15, -0.1) is 0 Å². The molecule has 2 rings (SSSR count). The van der Waals surface area contributed by atoms with Crippen LogP contribution in [-0.2, 0) is 0 Å². The molecule has 0 fully saturated rings. The third-order valence-corrected chi connectivity index (χ3v) is 3.30. The molecule has 0 bridgehead atoms. The molecule has 0 amide bonds. The van der Waals surface area contributed by atoms with Gasteiger partial charge in [0.05, 0.1) is 6.10 Å². The average Bonchev–Trinajstić information content (AvgIpc) is 2.37. The van der Waals surface area contributed by atoms with Crippen molar-refractivity contribution in [3.8, 4) is 11.5 Å². The third kappa shape index (κ3) is 2.99. The molecule has 0 heterocycles. The van der Waals surface area contributed by atoms with Gasteiger partial charge in [-0.05, 0) is 62.6 Å². The fraction of sp³-hybridized carbons (Fsp3) is 0.294. The van der Waals surface area contributed by atoms with Crippen molar-refractivity contribution in [2.45, 2.75) is 33.8 Å². The second-order valence-electron chi connectivity index (χ2n) is 5.19. The summed E-state index contributed by atoms with van der Waals surface area (Å²) >= 11 is 0. The molecule has 0 aliphatic carbocycles. The number of halogens is 1. The second-order valence-corrected chi connectivity index (χ2v) is 5.19. The van der Waals surface area contributed by atoms with Crippen LogP contribution in [0, 0.1) is 26.6 Å². The van der Waals surface area contributed by atoms with E-state index in [2.05, 4.69) is 0 Å². The van der Waals surface area contributed by atoms with Crippen LogP contribution in [0.5, 0.6) is 11.5 Å². The van der Waals surface area contributed by atoms with E-state index in [4.69, 9.17) is 4.74 Å². The number of hydrogen-bond acceptors (Lipinski definition) is 2. The van der Waals surface area contributed by atoms with Gasteiger partial charge >= 0.3 is 0 Å². The summed E-state index contributed by atoms with van der Waals surface area (Å²) in [4.78, 5) is 0. The summed E-state index contributed by atoms with van der Waals surface area (Å²) in [6, 6.07) is 8.87. The Morgan fingerprint density at radius 2 is 1.70 bits per heavy atom. The topological polar surface area (TPSA) is 29.5 Å². The summed E-state index contributed by atoms with van der Waals surface area (Å²) in [6.45, 7) is 7.21. The maximum absolute atomic E-state index is 13.6. The predicted molar refractivity (Wildman–Crippen MR) is 77.8 cm³/mol. The fourth-order valence-corrected chi connectivity index (χ4v) is 2.02. The normalized spacial score (nSPS) is 12.3. The van der Waals surface area contributed by atoms with Crippen molar-refractivity contribution in [1.82, 2.24) is 0 Å². The predicted octanol–water partition coefficient (Wildman–Crippen LogP) is 4.60. The molecular formula is C17H19FO2. The first-order valence-electron chi connectivity index (χ1n) is 6.61. The van der Waals surface area contributed by atoms with Gasteiger partial charge in [-0.2, -0.15) is 0 Å². The molecular weight excluding hydrogens is 255 g/mol. The summed E-state index contributed by atoms with van der Waals surface area (Å²) in [5, 5.41) is 9.78. The van der Waals surface area contributed by atoms with Crippen LogP contribution < -0.4 is 4.74 Å². The Morgan fingerprint density at radius 1 is 1.00 bits per heavy atom. The summed E-state index contributed by atoms with van der Waals surface area (Å²) < 4.78 is 19.5. The largest absolute Gasteiger partial charge is 0.457 e. The number of aryl methyl sites for hydroxylation is 3. The molecule has 1 unspecified atom stereocenters. The lowest BCUT2D eigenvalue weighted by molar-refractivity contribution is 0.195. The molecule has 106 valence electrons. The van der Waals surface area contributed by atoms with Crippen molar-refractivity contribution in [1.29, 1.82) is 0 Å². The Balaban J connectivity index is 2.47.